The van der Waals surface area contributed by atoms with E-state index in [0.717, 1.165) is 19.2 Å². The molecule has 1 atom stereocenters. The van der Waals surface area contributed by atoms with Crippen LogP contribution in [0, 0.1) is 11.6 Å². The van der Waals surface area contributed by atoms with Gasteiger partial charge in [-0.15, -0.1) is 0 Å². The first-order valence-corrected chi connectivity index (χ1v) is 10.2. The van der Waals surface area contributed by atoms with Gasteiger partial charge in [0, 0.05) is 25.6 Å². The van der Waals surface area contributed by atoms with Crippen molar-refractivity contribution in [2.45, 2.75) is 24.3 Å². The zero-order valence-electron chi connectivity index (χ0n) is 15.7. The monoisotopic (exact) mass is 423 g/mol. The molecule has 154 valence electrons. The van der Waals surface area contributed by atoms with Gasteiger partial charge in [-0.05, 0) is 31.2 Å². The number of likely N-dealkylation sites (N-methyl/N-ethyl adjacent to an activating group) is 1. The highest BCUT2D eigenvalue weighted by atomic mass is 32.2. The molecule has 0 radical (unpaired) electrons. The summed E-state index contributed by atoms with van der Waals surface area (Å²) in [6, 6.07) is 8.26. The molecule has 1 heterocycles. The van der Waals surface area contributed by atoms with Gasteiger partial charge in [0.2, 0.25) is 21.8 Å². The molecule has 1 N–H and O–H groups in total. The largest absolute Gasteiger partial charge is 0.324 e. The second-order valence-electron chi connectivity index (χ2n) is 6.72. The second-order valence-corrected chi connectivity index (χ2v) is 8.73. The lowest BCUT2D eigenvalue weighted by Gasteiger charge is -2.29. The molecular weight excluding hydrogens is 404 g/mol. The number of anilines is 2. The number of fused-ring (bicyclic) bond motifs is 1. The van der Waals surface area contributed by atoms with E-state index < -0.39 is 45.0 Å². The van der Waals surface area contributed by atoms with E-state index in [4.69, 9.17) is 0 Å². The number of hydrogen-bond acceptors (Lipinski definition) is 4. The Hall–Kier alpha value is -2.85. The molecule has 2 amide bonds. The molecular formula is C19H19F2N3O4S. The summed E-state index contributed by atoms with van der Waals surface area (Å²) in [4.78, 5) is 25.6. The number of nitrogens with zero attached hydrogens (tertiary/aromatic N) is 2. The lowest BCUT2D eigenvalue weighted by atomic mass is 10.1. The van der Waals surface area contributed by atoms with Crippen LogP contribution in [0.4, 0.5) is 20.2 Å². The first-order valence-electron chi connectivity index (χ1n) is 8.73. The summed E-state index contributed by atoms with van der Waals surface area (Å²) in [6.45, 7) is 1.08. The summed E-state index contributed by atoms with van der Waals surface area (Å²) in [7, 11) is -3.24. The van der Waals surface area contributed by atoms with Gasteiger partial charge in [-0.1, -0.05) is 12.1 Å². The van der Waals surface area contributed by atoms with Gasteiger partial charge in [-0.2, -0.15) is 4.31 Å². The van der Waals surface area contributed by atoms with E-state index >= 15 is 0 Å². The quantitative estimate of drug-likeness (QED) is 0.818. The normalized spacial score (nSPS) is 16.9. The van der Waals surface area contributed by atoms with E-state index in [2.05, 4.69) is 5.32 Å². The van der Waals surface area contributed by atoms with Crippen molar-refractivity contribution in [1.82, 2.24) is 4.31 Å². The van der Waals surface area contributed by atoms with Crippen LogP contribution in [0.5, 0.6) is 0 Å². The number of carbonyl (C=O) groups is 2. The SMILES string of the molecule is CC1CC(=O)Nc2ccccc2N1C(=O)CN(C)S(=O)(=O)c1ccc(F)cc1F. The van der Waals surface area contributed by atoms with Gasteiger partial charge in [-0.3, -0.25) is 9.59 Å². The van der Waals surface area contributed by atoms with Crippen LogP contribution in [0.2, 0.25) is 0 Å². The average molecular weight is 423 g/mol. The fraction of sp³-hybridized carbons (Fsp3) is 0.263. The van der Waals surface area contributed by atoms with Crippen LogP contribution < -0.4 is 10.2 Å². The number of carbonyl (C=O) groups excluding carboxylic acids is 2. The Morgan fingerprint density at radius 3 is 2.62 bits per heavy atom. The molecule has 3 rings (SSSR count). The maximum atomic E-state index is 14.0. The van der Waals surface area contributed by atoms with Gasteiger partial charge in [-0.25, -0.2) is 17.2 Å². The first-order chi connectivity index (χ1) is 13.6. The van der Waals surface area contributed by atoms with Crippen molar-refractivity contribution < 1.29 is 26.8 Å². The van der Waals surface area contributed by atoms with E-state index in [1.165, 1.54) is 4.90 Å². The molecule has 2 aromatic rings. The molecule has 0 spiro atoms. The third-order valence-electron chi connectivity index (χ3n) is 4.57. The van der Waals surface area contributed by atoms with Crippen LogP contribution in [0.1, 0.15) is 13.3 Å². The summed E-state index contributed by atoms with van der Waals surface area (Å²) < 4.78 is 53.1. The number of amides is 2. The molecule has 0 fully saturated rings. The molecule has 29 heavy (non-hydrogen) atoms. The summed E-state index contributed by atoms with van der Waals surface area (Å²) >= 11 is 0. The van der Waals surface area contributed by atoms with Crippen molar-refractivity contribution in [3.05, 3.63) is 54.1 Å². The molecule has 7 nitrogen and oxygen atoms in total. The van der Waals surface area contributed by atoms with E-state index in [-0.39, 0.29) is 12.3 Å². The van der Waals surface area contributed by atoms with Crippen LogP contribution in [0.3, 0.4) is 0 Å². The number of nitrogens with one attached hydrogen (secondary N) is 1. The van der Waals surface area contributed by atoms with Crippen LogP contribution in [-0.4, -0.2) is 44.2 Å². The first kappa shape index (κ1) is 20.9. The van der Waals surface area contributed by atoms with E-state index in [9.17, 15) is 26.8 Å². The molecule has 0 saturated carbocycles. The fourth-order valence-electron chi connectivity index (χ4n) is 3.17. The second kappa shape index (κ2) is 7.88. The minimum Gasteiger partial charge on any atom is -0.324 e. The Morgan fingerprint density at radius 1 is 1.24 bits per heavy atom. The number of sulfonamides is 1. The van der Waals surface area contributed by atoms with E-state index in [0.29, 0.717) is 21.7 Å². The fourth-order valence-corrected chi connectivity index (χ4v) is 4.33. The molecule has 2 aromatic carbocycles. The number of benzene rings is 2. The zero-order valence-corrected chi connectivity index (χ0v) is 16.5. The van der Waals surface area contributed by atoms with Gasteiger partial charge < -0.3 is 10.2 Å². The number of halogens is 2. The van der Waals surface area contributed by atoms with Crippen LogP contribution in [-0.2, 0) is 19.6 Å². The molecule has 1 aliphatic rings. The predicted octanol–water partition coefficient (Wildman–Crippen LogP) is 2.35. The molecule has 1 unspecified atom stereocenters. The standard InChI is InChI=1S/C19H19F2N3O4S/c1-12-9-18(25)22-15-5-3-4-6-16(15)24(12)19(26)11-23(2)29(27,28)17-8-7-13(20)10-14(17)21/h3-8,10,12H,9,11H2,1-2H3,(H,22,25). The molecule has 0 bridgehead atoms. The number of hydrogen-bond donors (Lipinski definition) is 1. The van der Waals surface area contributed by atoms with Crippen molar-refractivity contribution in [2.75, 3.05) is 23.8 Å². The minimum absolute atomic E-state index is 0.0312. The van der Waals surface area contributed by atoms with Crippen molar-refractivity contribution in [3.63, 3.8) is 0 Å². The summed E-state index contributed by atoms with van der Waals surface area (Å²) in [5, 5.41) is 2.71. The highest BCUT2D eigenvalue weighted by Gasteiger charge is 2.33. The minimum atomic E-state index is -4.37. The highest BCUT2D eigenvalue weighted by molar-refractivity contribution is 7.89. The third-order valence-corrected chi connectivity index (χ3v) is 6.40. The smallest absolute Gasteiger partial charge is 0.246 e. The maximum absolute atomic E-state index is 14.0. The lowest BCUT2D eigenvalue weighted by Crippen LogP contribution is -2.45. The molecule has 0 saturated heterocycles. The number of para-hydroxylation sites is 2. The summed E-state index contributed by atoms with van der Waals surface area (Å²) in [6.07, 6.45) is 0.0312. The highest BCUT2D eigenvalue weighted by Crippen LogP contribution is 2.31. The van der Waals surface area contributed by atoms with Crippen molar-refractivity contribution >= 4 is 33.2 Å². The van der Waals surface area contributed by atoms with Gasteiger partial charge in [0.1, 0.15) is 16.5 Å². The summed E-state index contributed by atoms with van der Waals surface area (Å²) in [5.74, 6) is -3.01. The predicted molar refractivity (Wildman–Crippen MR) is 103 cm³/mol. The van der Waals surface area contributed by atoms with Crippen LogP contribution in [0.15, 0.2) is 47.4 Å². The van der Waals surface area contributed by atoms with Crippen molar-refractivity contribution in [1.29, 1.82) is 0 Å². The van der Waals surface area contributed by atoms with Crippen LogP contribution in [0.25, 0.3) is 0 Å². The zero-order chi connectivity index (χ0) is 21.3. The Bertz CT molecular complexity index is 1070. The van der Waals surface area contributed by atoms with Crippen LogP contribution >= 0.6 is 0 Å². The van der Waals surface area contributed by atoms with E-state index in [1.54, 1.807) is 31.2 Å². The van der Waals surface area contributed by atoms with Gasteiger partial charge >= 0.3 is 0 Å². The third kappa shape index (κ3) is 4.13. The Kier molecular flexibility index (Phi) is 5.67. The van der Waals surface area contributed by atoms with E-state index in [1.807, 2.05) is 0 Å². The lowest BCUT2D eigenvalue weighted by molar-refractivity contribution is -0.119. The maximum Gasteiger partial charge on any atom is 0.246 e. The Morgan fingerprint density at radius 2 is 1.93 bits per heavy atom. The topological polar surface area (TPSA) is 86.8 Å². The molecule has 1 aliphatic heterocycles. The van der Waals surface area contributed by atoms with Gasteiger partial charge in [0.15, 0.2) is 0 Å². The Balaban J connectivity index is 1.90. The number of rotatable bonds is 4. The van der Waals surface area contributed by atoms with Gasteiger partial charge in [0.05, 0.1) is 17.9 Å². The summed E-state index contributed by atoms with van der Waals surface area (Å²) in [5.41, 5.74) is 0.875. The van der Waals surface area contributed by atoms with Crippen molar-refractivity contribution in [3.8, 4) is 0 Å². The average Bonchev–Trinajstić information content (AvgIpc) is 2.75. The molecule has 10 heteroatoms. The molecule has 0 aromatic heterocycles. The Labute approximate surface area is 167 Å². The van der Waals surface area contributed by atoms with Gasteiger partial charge in [0.25, 0.3) is 0 Å². The van der Waals surface area contributed by atoms with Crippen molar-refractivity contribution in [2.24, 2.45) is 0 Å². The molecule has 0 aliphatic carbocycles.